The lowest BCUT2D eigenvalue weighted by Gasteiger charge is -2.08. The fraction of sp³-hybridized carbons (Fsp3) is 0.462. The minimum Gasteiger partial charge on any atom is -0.465 e. The highest BCUT2D eigenvalue weighted by Crippen LogP contribution is 2.19. The number of ether oxygens (including phenoxy) is 1. The van der Waals surface area contributed by atoms with Crippen LogP contribution in [0.3, 0.4) is 0 Å². The van der Waals surface area contributed by atoms with Crippen molar-refractivity contribution in [1.82, 2.24) is 0 Å². The van der Waals surface area contributed by atoms with Crippen molar-refractivity contribution >= 4 is 17.7 Å². The Labute approximate surface area is 101 Å². The Hall–Kier alpha value is -0.960. The maximum Gasteiger partial charge on any atom is 0.337 e. The number of esters is 1. The van der Waals surface area contributed by atoms with Gasteiger partial charge in [-0.1, -0.05) is 26.0 Å². The standard InChI is InChI=1S/C13H18O2S/c1-4-10(2)16-9-11-5-7-12(8-6-11)13(14)15-3/h5-8,10H,4,9H2,1-3H3. The molecule has 1 rings (SSSR count). The Bertz CT molecular complexity index is 332. The van der Waals surface area contributed by atoms with Crippen LogP contribution in [0.2, 0.25) is 0 Å². The molecule has 0 radical (unpaired) electrons. The average molecular weight is 238 g/mol. The van der Waals surface area contributed by atoms with Crippen molar-refractivity contribution in [1.29, 1.82) is 0 Å². The van der Waals surface area contributed by atoms with E-state index in [1.807, 2.05) is 36.0 Å². The lowest BCUT2D eigenvalue weighted by atomic mass is 10.1. The first kappa shape index (κ1) is 13.1. The zero-order valence-corrected chi connectivity index (χ0v) is 10.8. The van der Waals surface area contributed by atoms with Crippen molar-refractivity contribution in [2.24, 2.45) is 0 Å². The van der Waals surface area contributed by atoms with Gasteiger partial charge in [0.15, 0.2) is 0 Å². The summed E-state index contributed by atoms with van der Waals surface area (Å²) in [4.78, 5) is 11.2. The van der Waals surface area contributed by atoms with Crippen LogP contribution < -0.4 is 0 Å². The zero-order valence-electron chi connectivity index (χ0n) is 10.0. The summed E-state index contributed by atoms with van der Waals surface area (Å²) < 4.78 is 4.65. The van der Waals surface area contributed by atoms with Crippen LogP contribution in [-0.4, -0.2) is 18.3 Å². The number of thioether (sulfide) groups is 1. The molecule has 1 atom stereocenters. The molecular weight excluding hydrogens is 220 g/mol. The van der Waals surface area contributed by atoms with Gasteiger partial charge in [-0.3, -0.25) is 0 Å². The van der Waals surface area contributed by atoms with Crippen molar-refractivity contribution in [3.05, 3.63) is 35.4 Å². The van der Waals surface area contributed by atoms with E-state index in [-0.39, 0.29) is 5.97 Å². The molecule has 0 amide bonds. The molecule has 88 valence electrons. The number of benzene rings is 1. The zero-order chi connectivity index (χ0) is 12.0. The number of rotatable bonds is 5. The second-order valence-electron chi connectivity index (χ2n) is 3.72. The summed E-state index contributed by atoms with van der Waals surface area (Å²) in [5, 5.41) is 0.681. The monoisotopic (exact) mass is 238 g/mol. The summed E-state index contributed by atoms with van der Waals surface area (Å²) in [6, 6.07) is 7.61. The first-order valence-electron chi connectivity index (χ1n) is 5.46. The van der Waals surface area contributed by atoms with E-state index in [1.54, 1.807) is 0 Å². The van der Waals surface area contributed by atoms with E-state index >= 15 is 0 Å². The molecule has 0 aliphatic carbocycles. The third-order valence-electron chi connectivity index (χ3n) is 2.48. The van der Waals surface area contributed by atoms with Gasteiger partial charge < -0.3 is 4.74 Å². The van der Waals surface area contributed by atoms with Crippen molar-refractivity contribution in [3.63, 3.8) is 0 Å². The molecule has 0 bridgehead atoms. The summed E-state index contributed by atoms with van der Waals surface area (Å²) in [5.41, 5.74) is 1.86. The molecule has 0 saturated heterocycles. The quantitative estimate of drug-likeness (QED) is 0.734. The molecule has 0 saturated carbocycles. The largest absolute Gasteiger partial charge is 0.465 e. The highest BCUT2D eigenvalue weighted by Gasteiger charge is 2.05. The molecule has 0 N–H and O–H groups in total. The molecule has 0 aliphatic heterocycles. The number of methoxy groups -OCH3 is 1. The molecule has 0 spiro atoms. The second kappa shape index (κ2) is 6.59. The molecular formula is C13H18O2S. The van der Waals surface area contributed by atoms with Crippen LogP contribution in [0.15, 0.2) is 24.3 Å². The highest BCUT2D eigenvalue weighted by molar-refractivity contribution is 7.99. The molecule has 2 nitrogen and oxygen atoms in total. The van der Waals surface area contributed by atoms with Crippen molar-refractivity contribution in [2.45, 2.75) is 31.3 Å². The topological polar surface area (TPSA) is 26.3 Å². The number of carbonyl (C=O) groups excluding carboxylic acids is 1. The van der Waals surface area contributed by atoms with Gasteiger partial charge in [0.05, 0.1) is 12.7 Å². The van der Waals surface area contributed by atoms with Gasteiger partial charge in [0.2, 0.25) is 0 Å². The van der Waals surface area contributed by atoms with Gasteiger partial charge in [-0.2, -0.15) is 11.8 Å². The molecule has 3 heteroatoms. The third kappa shape index (κ3) is 3.89. The molecule has 0 aromatic heterocycles. The second-order valence-corrected chi connectivity index (χ2v) is 5.15. The van der Waals surface area contributed by atoms with E-state index in [1.165, 1.54) is 19.1 Å². The van der Waals surface area contributed by atoms with Gasteiger partial charge in [-0.15, -0.1) is 0 Å². The average Bonchev–Trinajstić information content (AvgIpc) is 2.35. The van der Waals surface area contributed by atoms with Crippen LogP contribution in [0.5, 0.6) is 0 Å². The van der Waals surface area contributed by atoms with Crippen LogP contribution in [0.25, 0.3) is 0 Å². The molecule has 1 unspecified atom stereocenters. The summed E-state index contributed by atoms with van der Waals surface area (Å²) >= 11 is 1.93. The number of hydrogen-bond donors (Lipinski definition) is 0. The fourth-order valence-electron chi connectivity index (χ4n) is 1.21. The van der Waals surface area contributed by atoms with E-state index in [4.69, 9.17) is 0 Å². The van der Waals surface area contributed by atoms with Gasteiger partial charge in [0.1, 0.15) is 0 Å². The predicted octanol–water partition coefficient (Wildman–Crippen LogP) is 3.50. The molecule has 1 aromatic carbocycles. The van der Waals surface area contributed by atoms with Gasteiger partial charge in [-0.05, 0) is 24.1 Å². The first-order chi connectivity index (χ1) is 7.67. The minimum absolute atomic E-state index is 0.277. The van der Waals surface area contributed by atoms with Crippen molar-refractivity contribution < 1.29 is 9.53 Å². The lowest BCUT2D eigenvalue weighted by Crippen LogP contribution is -2.01. The van der Waals surface area contributed by atoms with Gasteiger partial charge in [0, 0.05) is 11.0 Å². The smallest absolute Gasteiger partial charge is 0.337 e. The van der Waals surface area contributed by atoms with Crippen LogP contribution in [0.4, 0.5) is 0 Å². The van der Waals surface area contributed by atoms with E-state index in [9.17, 15) is 4.79 Å². The first-order valence-corrected chi connectivity index (χ1v) is 6.51. The molecule has 0 fully saturated rings. The van der Waals surface area contributed by atoms with Crippen LogP contribution in [0, 0.1) is 0 Å². The molecule has 0 aliphatic rings. The maximum atomic E-state index is 11.2. The summed E-state index contributed by atoms with van der Waals surface area (Å²) in [7, 11) is 1.40. The number of hydrogen-bond acceptors (Lipinski definition) is 3. The maximum absolute atomic E-state index is 11.2. The molecule has 16 heavy (non-hydrogen) atoms. The van der Waals surface area contributed by atoms with Gasteiger partial charge in [-0.25, -0.2) is 4.79 Å². The van der Waals surface area contributed by atoms with Crippen molar-refractivity contribution in [2.75, 3.05) is 7.11 Å². The Kier molecular flexibility index (Phi) is 5.39. The highest BCUT2D eigenvalue weighted by atomic mass is 32.2. The minimum atomic E-state index is -0.277. The third-order valence-corrected chi connectivity index (χ3v) is 3.89. The van der Waals surface area contributed by atoms with Crippen molar-refractivity contribution in [3.8, 4) is 0 Å². The van der Waals surface area contributed by atoms with Gasteiger partial charge in [0.25, 0.3) is 0 Å². The van der Waals surface area contributed by atoms with Crippen LogP contribution >= 0.6 is 11.8 Å². The van der Waals surface area contributed by atoms with E-state index in [2.05, 4.69) is 18.6 Å². The van der Waals surface area contributed by atoms with E-state index < -0.39 is 0 Å². The SMILES string of the molecule is CCC(C)SCc1ccc(C(=O)OC)cc1. The fourth-order valence-corrected chi connectivity index (χ4v) is 2.12. The van der Waals surface area contributed by atoms with Crippen LogP contribution in [-0.2, 0) is 10.5 Å². The van der Waals surface area contributed by atoms with Crippen LogP contribution in [0.1, 0.15) is 36.2 Å². The van der Waals surface area contributed by atoms with E-state index in [0.29, 0.717) is 10.8 Å². The summed E-state index contributed by atoms with van der Waals surface area (Å²) in [6.07, 6.45) is 1.19. The Morgan fingerprint density at radius 3 is 2.50 bits per heavy atom. The molecule has 1 aromatic rings. The van der Waals surface area contributed by atoms with Gasteiger partial charge >= 0.3 is 5.97 Å². The van der Waals surface area contributed by atoms with E-state index in [0.717, 1.165) is 5.75 Å². The lowest BCUT2D eigenvalue weighted by molar-refractivity contribution is 0.0601. The number of carbonyl (C=O) groups is 1. The molecule has 0 heterocycles. The Balaban J connectivity index is 2.54. The Morgan fingerprint density at radius 2 is 2.00 bits per heavy atom. The summed E-state index contributed by atoms with van der Waals surface area (Å²) in [6.45, 7) is 4.42. The summed E-state index contributed by atoms with van der Waals surface area (Å²) in [5.74, 6) is 0.720. The normalized spacial score (nSPS) is 12.2. The predicted molar refractivity (Wildman–Crippen MR) is 68.8 cm³/mol. The Morgan fingerprint density at radius 1 is 1.38 bits per heavy atom.